The van der Waals surface area contributed by atoms with E-state index in [4.69, 9.17) is 0 Å². The van der Waals surface area contributed by atoms with E-state index in [1.54, 1.807) is 121 Å². The van der Waals surface area contributed by atoms with Crippen LogP contribution in [0.2, 0.25) is 0 Å². The van der Waals surface area contributed by atoms with Gasteiger partial charge in [-0.2, -0.15) is 0 Å². The van der Waals surface area contributed by atoms with E-state index in [2.05, 4.69) is 0 Å². The van der Waals surface area contributed by atoms with Gasteiger partial charge in [0.05, 0.1) is 0 Å². The Labute approximate surface area is 209 Å². The maximum Gasteiger partial charge on any atom is 0.167 e. The first-order chi connectivity index (χ1) is 17.6. The molecule has 4 heteroatoms. The second-order valence-electron chi connectivity index (χ2n) is 9.02. The summed E-state index contributed by atoms with van der Waals surface area (Å²) in [6, 6.07) is 34.7. The molecule has 0 heterocycles. The first-order valence-electron chi connectivity index (χ1n) is 11.9. The Morgan fingerprint density at radius 1 is 0.306 bits per heavy atom. The maximum absolute atomic E-state index is 13.8. The minimum atomic E-state index is -0.939. The zero-order valence-corrected chi connectivity index (χ0v) is 19.5. The highest BCUT2D eigenvalue weighted by atomic mass is 16.2. The largest absolute Gasteiger partial charge is 0.294 e. The van der Waals surface area contributed by atoms with Crippen LogP contribution in [0.15, 0.2) is 121 Å². The standard InChI is InChI=1S/C32H24O4/c33-29(21-13-5-1-6-14-21)25-26(30(34)22-15-7-2-8-16-22)28(32(36)24-19-11-4-12-20-24)27(25)31(35)23-17-9-3-10-18-23/h1-20,25-28H. The smallest absolute Gasteiger partial charge is 0.167 e. The van der Waals surface area contributed by atoms with Gasteiger partial charge in [-0.1, -0.05) is 121 Å². The number of Topliss-reactive ketones (excluding diaryl/α,β-unsaturated/α-hetero) is 4. The Bertz CT molecular complexity index is 1170. The van der Waals surface area contributed by atoms with Crippen molar-refractivity contribution in [1.29, 1.82) is 0 Å². The van der Waals surface area contributed by atoms with E-state index in [0.29, 0.717) is 22.3 Å². The van der Waals surface area contributed by atoms with Crippen LogP contribution in [0.4, 0.5) is 0 Å². The molecule has 0 amide bonds. The minimum Gasteiger partial charge on any atom is -0.294 e. The van der Waals surface area contributed by atoms with Crippen LogP contribution < -0.4 is 0 Å². The van der Waals surface area contributed by atoms with Crippen molar-refractivity contribution in [1.82, 2.24) is 0 Å². The van der Waals surface area contributed by atoms with Crippen LogP contribution in [0.1, 0.15) is 41.4 Å². The van der Waals surface area contributed by atoms with Gasteiger partial charge < -0.3 is 0 Å². The summed E-state index contributed by atoms with van der Waals surface area (Å²) < 4.78 is 0. The van der Waals surface area contributed by atoms with Crippen molar-refractivity contribution < 1.29 is 19.2 Å². The summed E-state index contributed by atoms with van der Waals surface area (Å²) in [5.41, 5.74) is 1.68. The molecular weight excluding hydrogens is 448 g/mol. The molecule has 176 valence electrons. The molecule has 4 nitrogen and oxygen atoms in total. The van der Waals surface area contributed by atoms with Gasteiger partial charge in [0.1, 0.15) is 0 Å². The molecule has 0 N–H and O–H groups in total. The van der Waals surface area contributed by atoms with Crippen molar-refractivity contribution in [2.24, 2.45) is 23.7 Å². The van der Waals surface area contributed by atoms with Crippen LogP contribution >= 0.6 is 0 Å². The fourth-order valence-corrected chi connectivity index (χ4v) is 5.23. The van der Waals surface area contributed by atoms with Gasteiger partial charge in [0.2, 0.25) is 0 Å². The molecule has 0 bridgehead atoms. The topological polar surface area (TPSA) is 68.3 Å². The molecule has 5 rings (SSSR count). The molecule has 0 radical (unpaired) electrons. The van der Waals surface area contributed by atoms with Crippen LogP contribution in [-0.4, -0.2) is 23.1 Å². The zero-order chi connectivity index (χ0) is 25.1. The van der Waals surface area contributed by atoms with Crippen LogP contribution in [-0.2, 0) is 0 Å². The van der Waals surface area contributed by atoms with E-state index >= 15 is 0 Å². The monoisotopic (exact) mass is 472 g/mol. The SMILES string of the molecule is O=C(c1ccccc1)C1C(C(=O)c2ccccc2)C(C(=O)c2ccccc2)C1C(=O)c1ccccc1. The van der Waals surface area contributed by atoms with Crippen molar-refractivity contribution in [2.75, 3.05) is 0 Å². The average Bonchev–Trinajstić information content (AvgIpc) is 2.94. The number of ketones is 4. The normalized spacial score (nSPS) is 20.7. The van der Waals surface area contributed by atoms with Gasteiger partial charge in [0.25, 0.3) is 0 Å². The van der Waals surface area contributed by atoms with E-state index in [1.165, 1.54) is 0 Å². The van der Waals surface area contributed by atoms with Gasteiger partial charge in [0, 0.05) is 45.9 Å². The predicted octanol–water partition coefficient (Wildman–Crippen LogP) is 6.00. The summed E-state index contributed by atoms with van der Waals surface area (Å²) >= 11 is 0. The van der Waals surface area contributed by atoms with E-state index in [9.17, 15) is 19.2 Å². The fraction of sp³-hybridized carbons (Fsp3) is 0.125. The summed E-state index contributed by atoms with van der Waals surface area (Å²) in [5, 5.41) is 0. The third kappa shape index (κ3) is 4.22. The van der Waals surface area contributed by atoms with Crippen LogP contribution in [0, 0.1) is 23.7 Å². The molecule has 1 fully saturated rings. The summed E-state index contributed by atoms with van der Waals surface area (Å²) in [6.45, 7) is 0. The lowest BCUT2D eigenvalue weighted by Gasteiger charge is -2.48. The Balaban J connectivity index is 1.64. The Morgan fingerprint density at radius 2 is 0.472 bits per heavy atom. The van der Waals surface area contributed by atoms with E-state index in [1.807, 2.05) is 0 Å². The molecule has 0 atom stereocenters. The van der Waals surface area contributed by atoms with E-state index < -0.39 is 23.7 Å². The number of carbonyl (C=O) groups is 4. The van der Waals surface area contributed by atoms with Gasteiger partial charge in [-0.15, -0.1) is 0 Å². The molecule has 0 spiro atoms. The summed E-state index contributed by atoms with van der Waals surface area (Å²) in [7, 11) is 0. The molecule has 1 aliphatic rings. The highest BCUT2D eigenvalue weighted by molar-refractivity contribution is 6.16. The third-order valence-corrected chi connectivity index (χ3v) is 6.99. The molecule has 0 saturated heterocycles. The quantitative estimate of drug-likeness (QED) is 0.295. The summed E-state index contributed by atoms with van der Waals surface area (Å²) in [4.78, 5) is 55.2. The predicted molar refractivity (Wildman–Crippen MR) is 137 cm³/mol. The second-order valence-corrected chi connectivity index (χ2v) is 9.02. The van der Waals surface area contributed by atoms with Gasteiger partial charge >= 0.3 is 0 Å². The van der Waals surface area contributed by atoms with Crippen molar-refractivity contribution in [3.05, 3.63) is 144 Å². The molecule has 1 aliphatic carbocycles. The van der Waals surface area contributed by atoms with Crippen LogP contribution in [0.5, 0.6) is 0 Å². The lowest BCUT2D eigenvalue weighted by molar-refractivity contribution is 0.00710. The lowest BCUT2D eigenvalue weighted by atomic mass is 9.49. The number of hydrogen-bond donors (Lipinski definition) is 0. The molecular formula is C32H24O4. The molecule has 0 aromatic heterocycles. The van der Waals surface area contributed by atoms with Crippen LogP contribution in [0.25, 0.3) is 0 Å². The average molecular weight is 473 g/mol. The molecule has 36 heavy (non-hydrogen) atoms. The Kier molecular flexibility index (Phi) is 6.50. The number of rotatable bonds is 8. The van der Waals surface area contributed by atoms with Crippen molar-refractivity contribution in [3.8, 4) is 0 Å². The summed E-state index contributed by atoms with van der Waals surface area (Å²) in [5.74, 6) is -4.94. The maximum atomic E-state index is 13.8. The zero-order valence-electron chi connectivity index (χ0n) is 19.5. The summed E-state index contributed by atoms with van der Waals surface area (Å²) in [6.07, 6.45) is 0. The Morgan fingerprint density at radius 3 is 0.639 bits per heavy atom. The van der Waals surface area contributed by atoms with Gasteiger partial charge in [-0.05, 0) is 0 Å². The van der Waals surface area contributed by atoms with Gasteiger partial charge in [0.15, 0.2) is 23.1 Å². The Hall–Kier alpha value is -4.44. The first-order valence-corrected chi connectivity index (χ1v) is 11.9. The highest BCUT2D eigenvalue weighted by Gasteiger charge is 2.62. The highest BCUT2D eigenvalue weighted by Crippen LogP contribution is 2.52. The van der Waals surface area contributed by atoms with Crippen molar-refractivity contribution >= 4 is 23.1 Å². The molecule has 4 aromatic rings. The third-order valence-electron chi connectivity index (χ3n) is 6.99. The first kappa shape index (κ1) is 23.3. The molecule has 4 aromatic carbocycles. The lowest BCUT2D eigenvalue weighted by Crippen LogP contribution is -2.59. The number of hydrogen-bond acceptors (Lipinski definition) is 4. The number of carbonyl (C=O) groups excluding carboxylic acids is 4. The van der Waals surface area contributed by atoms with E-state index in [0.717, 1.165) is 0 Å². The molecule has 1 saturated carbocycles. The number of benzene rings is 4. The van der Waals surface area contributed by atoms with E-state index in [-0.39, 0.29) is 23.1 Å². The molecule has 0 unspecified atom stereocenters. The fourth-order valence-electron chi connectivity index (χ4n) is 5.23. The molecule has 0 aliphatic heterocycles. The van der Waals surface area contributed by atoms with Crippen molar-refractivity contribution in [3.63, 3.8) is 0 Å². The van der Waals surface area contributed by atoms with Gasteiger partial charge in [-0.3, -0.25) is 19.2 Å². The van der Waals surface area contributed by atoms with Gasteiger partial charge in [-0.25, -0.2) is 0 Å². The minimum absolute atomic E-state index is 0.295. The second kappa shape index (κ2) is 10.0. The van der Waals surface area contributed by atoms with Crippen molar-refractivity contribution in [2.45, 2.75) is 0 Å². The van der Waals surface area contributed by atoms with Crippen LogP contribution in [0.3, 0.4) is 0 Å².